The van der Waals surface area contributed by atoms with Gasteiger partial charge in [0.15, 0.2) is 11.5 Å². The van der Waals surface area contributed by atoms with Crippen LogP contribution in [0.5, 0.6) is 5.75 Å². The molecule has 5 heterocycles. The molecule has 10 nitrogen and oxygen atoms in total. The Hall–Kier alpha value is -5.10. The second-order valence-corrected chi connectivity index (χ2v) is 12.9. The predicted octanol–water partition coefficient (Wildman–Crippen LogP) is 7.10. The first kappa shape index (κ1) is 34.4. The van der Waals surface area contributed by atoms with Gasteiger partial charge in [0.2, 0.25) is 5.91 Å². The molecule has 1 amide bonds. The average molecular weight is 713 g/mol. The maximum absolute atomic E-state index is 14.8. The molecule has 1 fully saturated rings. The lowest BCUT2D eigenvalue weighted by Gasteiger charge is -2.31. The number of rotatable bonds is 5. The number of nitrogens with zero attached hydrogens (tertiary/aromatic N) is 8. The first-order valence-electron chi connectivity index (χ1n) is 17.4. The van der Waals surface area contributed by atoms with E-state index in [2.05, 4.69) is 27.2 Å². The van der Waals surface area contributed by atoms with Gasteiger partial charge in [0.05, 0.1) is 23.6 Å². The van der Waals surface area contributed by atoms with Crippen molar-refractivity contribution in [3.05, 3.63) is 90.5 Å². The molecular formula is C38H39ClF2N8O2. The molecule has 8 rings (SSSR count). The van der Waals surface area contributed by atoms with Crippen LogP contribution in [0, 0.1) is 11.6 Å². The lowest BCUT2D eigenvalue weighted by molar-refractivity contribution is -0.132. The number of aromatic nitrogens is 6. The third-order valence-corrected chi connectivity index (χ3v) is 9.71. The Bertz CT molecular complexity index is 2200. The van der Waals surface area contributed by atoms with Gasteiger partial charge in [-0.05, 0) is 60.7 Å². The highest BCUT2D eigenvalue weighted by Crippen LogP contribution is 2.36. The minimum absolute atomic E-state index is 0.0425. The van der Waals surface area contributed by atoms with Crippen molar-refractivity contribution < 1.29 is 18.3 Å². The van der Waals surface area contributed by atoms with Crippen LogP contribution in [0.4, 0.5) is 14.6 Å². The summed E-state index contributed by atoms with van der Waals surface area (Å²) in [5, 5.41) is 10.8. The second-order valence-electron chi connectivity index (χ2n) is 12.5. The van der Waals surface area contributed by atoms with Gasteiger partial charge in [-0.3, -0.25) is 9.48 Å². The minimum Gasteiger partial charge on any atom is -0.488 e. The molecule has 6 aromatic rings. The van der Waals surface area contributed by atoms with Crippen molar-refractivity contribution in [2.75, 3.05) is 30.4 Å². The molecule has 0 aliphatic carbocycles. The molecule has 2 atom stereocenters. The number of aryl methyl sites for hydroxylation is 2. The molecule has 51 heavy (non-hydrogen) atoms. The van der Waals surface area contributed by atoms with E-state index in [0.29, 0.717) is 61.0 Å². The number of anilines is 1. The van der Waals surface area contributed by atoms with Crippen LogP contribution in [-0.2, 0) is 18.3 Å². The molecule has 3 aromatic heterocycles. The Kier molecular flexibility index (Phi) is 9.86. The lowest BCUT2D eigenvalue weighted by Crippen LogP contribution is -2.47. The van der Waals surface area contributed by atoms with E-state index in [9.17, 15) is 13.6 Å². The molecule has 2 unspecified atom stereocenters. The molecule has 0 saturated carbocycles. The van der Waals surface area contributed by atoms with Crippen LogP contribution in [-0.4, -0.2) is 78.0 Å². The monoisotopic (exact) mass is 712 g/mol. The van der Waals surface area contributed by atoms with Crippen molar-refractivity contribution in [2.24, 2.45) is 7.05 Å². The second kappa shape index (κ2) is 14.6. The number of carbonyl (C=O) groups excluding carboxylic acids is 1. The molecule has 1 saturated heterocycles. The van der Waals surface area contributed by atoms with Gasteiger partial charge >= 0.3 is 0 Å². The van der Waals surface area contributed by atoms with Crippen LogP contribution >= 0.6 is 11.6 Å². The van der Waals surface area contributed by atoms with Crippen molar-refractivity contribution >= 4 is 45.3 Å². The van der Waals surface area contributed by atoms with Gasteiger partial charge in [-0.2, -0.15) is 10.2 Å². The number of hydrogen-bond acceptors (Lipinski definition) is 7. The van der Waals surface area contributed by atoms with Gasteiger partial charge in [0.25, 0.3) is 0 Å². The number of amides is 1. The fraction of sp³-hybridized carbons (Fsp3) is 0.342. The summed E-state index contributed by atoms with van der Waals surface area (Å²) >= 11 is 6.14. The van der Waals surface area contributed by atoms with Gasteiger partial charge in [-0.1, -0.05) is 38.1 Å². The first-order chi connectivity index (χ1) is 24.9. The van der Waals surface area contributed by atoms with Crippen molar-refractivity contribution in [2.45, 2.75) is 51.7 Å². The lowest BCUT2D eigenvalue weighted by atomic mass is 9.98. The Morgan fingerprint density at radius 3 is 2.71 bits per heavy atom. The molecule has 2 aliphatic rings. The number of fused-ring (bicyclic) bond motifs is 6. The van der Waals surface area contributed by atoms with E-state index in [1.165, 1.54) is 23.1 Å². The SMILES string of the molecule is CC.Cn1nc2cccc3c2c1CCCN(CCCCl)C(=O)C1CC(CN1c1ncnc2c1cnn2-c1ccc(F)cc1F)Oc1cccc-3c1. The third kappa shape index (κ3) is 6.48. The van der Waals surface area contributed by atoms with Crippen molar-refractivity contribution in [3.8, 4) is 22.6 Å². The van der Waals surface area contributed by atoms with E-state index >= 15 is 0 Å². The molecule has 2 aliphatic heterocycles. The maximum atomic E-state index is 14.8. The summed E-state index contributed by atoms with van der Waals surface area (Å²) < 4.78 is 38.4. The van der Waals surface area contributed by atoms with Crippen LogP contribution < -0.4 is 9.64 Å². The van der Waals surface area contributed by atoms with Gasteiger partial charge in [-0.15, -0.1) is 11.6 Å². The molecular weight excluding hydrogens is 674 g/mol. The Balaban J connectivity index is 0.00000200. The van der Waals surface area contributed by atoms with Crippen LogP contribution in [0.2, 0.25) is 0 Å². The molecule has 3 aromatic carbocycles. The first-order valence-corrected chi connectivity index (χ1v) is 17.9. The Morgan fingerprint density at radius 2 is 1.88 bits per heavy atom. The summed E-state index contributed by atoms with van der Waals surface area (Å²) in [6.07, 6.45) is 5.12. The van der Waals surface area contributed by atoms with E-state index in [0.717, 1.165) is 46.6 Å². The number of halogens is 3. The fourth-order valence-electron chi connectivity index (χ4n) is 7.24. The van der Waals surface area contributed by atoms with E-state index in [1.54, 1.807) is 6.20 Å². The fourth-order valence-corrected chi connectivity index (χ4v) is 7.36. The summed E-state index contributed by atoms with van der Waals surface area (Å²) in [5.41, 5.74) is 4.53. The summed E-state index contributed by atoms with van der Waals surface area (Å²) in [6, 6.07) is 16.9. The minimum atomic E-state index is -0.771. The predicted molar refractivity (Wildman–Crippen MR) is 194 cm³/mol. The zero-order valence-electron chi connectivity index (χ0n) is 28.8. The molecule has 264 valence electrons. The molecule has 0 spiro atoms. The zero-order valence-corrected chi connectivity index (χ0v) is 29.5. The maximum Gasteiger partial charge on any atom is 0.245 e. The van der Waals surface area contributed by atoms with Gasteiger partial charge in [0.1, 0.15) is 41.5 Å². The number of benzene rings is 3. The topological polar surface area (TPSA) is 94.2 Å². The van der Waals surface area contributed by atoms with Crippen LogP contribution in [0.25, 0.3) is 38.8 Å². The summed E-state index contributed by atoms with van der Waals surface area (Å²) in [4.78, 5) is 27.5. The molecule has 0 N–H and O–H groups in total. The Morgan fingerprint density at radius 1 is 1.04 bits per heavy atom. The quantitative estimate of drug-likeness (QED) is 0.176. The number of carbonyl (C=O) groups is 1. The highest BCUT2D eigenvalue weighted by Gasteiger charge is 2.42. The zero-order chi connectivity index (χ0) is 35.6. The smallest absolute Gasteiger partial charge is 0.245 e. The van der Waals surface area contributed by atoms with Gasteiger partial charge < -0.3 is 14.5 Å². The van der Waals surface area contributed by atoms with Crippen LogP contribution in [0.1, 0.15) is 38.8 Å². The van der Waals surface area contributed by atoms with Crippen LogP contribution in [0.15, 0.2) is 73.2 Å². The summed E-state index contributed by atoms with van der Waals surface area (Å²) in [6.45, 7) is 5.42. The normalized spacial score (nSPS) is 17.6. The average Bonchev–Trinajstić information content (AvgIpc) is 3.85. The van der Waals surface area contributed by atoms with Gasteiger partial charge in [-0.25, -0.2) is 23.4 Å². The largest absolute Gasteiger partial charge is 0.488 e. The highest BCUT2D eigenvalue weighted by molar-refractivity contribution is 6.17. The van der Waals surface area contributed by atoms with Crippen molar-refractivity contribution in [3.63, 3.8) is 0 Å². The summed E-state index contributed by atoms with van der Waals surface area (Å²) in [7, 11) is 1.97. The number of alkyl halides is 1. The van der Waals surface area contributed by atoms with E-state index in [4.69, 9.17) is 21.4 Å². The van der Waals surface area contributed by atoms with Crippen molar-refractivity contribution in [1.29, 1.82) is 0 Å². The van der Waals surface area contributed by atoms with E-state index in [-0.39, 0.29) is 17.7 Å². The highest BCUT2D eigenvalue weighted by atomic mass is 35.5. The number of hydrogen-bond donors (Lipinski definition) is 0. The van der Waals surface area contributed by atoms with E-state index in [1.807, 2.05) is 65.7 Å². The Labute approximate surface area is 299 Å². The number of ether oxygens (including phenoxy) is 1. The molecule has 0 radical (unpaired) electrons. The molecule has 4 bridgehead atoms. The van der Waals surface area contributed by atoms with Gasteiger partial charge in [0, 0.05) is 49.6 Å². The standard InChI is InChI=1S/C36H33ClF2N8O2.C2H6/c1-44-31-10-4-14-45(15-5-13-37)36(48)32-18-25(49-24-7-2-6-22(16-24)26-8-3-9-29(43-44)33(26)31)20-46(32)34-27-19-42-47(35(27)41-21-40-34)30-12-11-23(38)17-28(30)39;1-2/h2-3,6-9,11-12,16-17,19,21,25,32H,4-5,10,13-15,18,20H2,1H3;1-2H3. The van der Waals surface area contributed by atoms with E-state index < -0.39 is 17.7 Å². The van der Waals surface area contributed by atoms with Crippen LogP contribution in [0.3, 0.4) is 0 Å². The summed E-state index contributed by atoms with van der Waals surface area (Å²) in [5.74, 6) is 0.110. The molecule has 13 heteroatoms. The van der Waals surface area contributed by atoms with Crippen molar-refractivity contribution in [1.82, 2.24) is 34.4 Å². The third-order valence-electron chi connectivity index (χ3n) is 9.44.